The lowest BCUT2D eigenvalue weighted by Crippen LogP contribution is -2.44. The Morgan fingerprint density at radius 2 is 2.00 bits per heavy atom. The standard InChI is InChI=1S/C17H14ClN3O2S/c18-12-4-2-11(3-5-12)16-15-13(9-24-16)19-10-21(17(15)23)8-14(22)20-6-1-7-20/h2-5,9-10H,1,6-8H2. The Hall–Kier alpha value is -2.18. The molecule has 1 saturated heterocycles. The van der Waals surface area contributed by atoms with E-state index in [1.807, 2.05) is 17.5 Å². The van der Waals surface area contributed by atoms with Crippen molar-refractivity contribution in [3.63, 3.8) is 0 Å². The van der Waals surface area contributed by atoms with Crippen LogP contribution in [0.5, 0.6) is 0 Å². The van der Waals surface area contributed by atoms with E-state index in [9.17, 15) is 9.59 Å². The molecule has 5 nitrogen and oxygen atoms in total. The molecule has 1 fully saturated rings. The highest BCUT2D eigenvalue weighted by Crippen LogP contribution is 2.32. The van der Waals surface area contributed by atoms with Crippen LogP contribution in [-0.4, -0.2) is 33.4 Å². The van der Waals surface area contributed by atoms with Gasteiger partial charge in [0.15, 0.2) is 0 Å². The van der Waals surface area contributed by atoms with Crippen molar-refractivity contribution in [1.82, 2.24) is 14.5 Å². The first-order valence-electron chi connectivity index (χ1n) is 7.64. The van der Waals surface area contributed by atoms with Crippen molar-refractivity contribution in [2.45, 2.75) is 13.0 Å². The number of hydrogen-bond acceptors (Lipinski definition) is 4. The molecule has 0 radical (unpaired) electrons. The highest BCUT2D eigenvalue weighted by molar-refractivity contribution is 7.15. The van der Waals surface area contributed by atoms with Crippen LogP contribution in [0.4, 0.5) is 0 Å². The summed E-state index contributed by atoms with van der Waals surface area (Å²) in [6, 6.07) is 7.36. The Balaban J connectivity index is 1.77. The van der Waals surface area contributed by atoms with Crippen LogP contribution >= 0.6 is 22.9 Å². The largest absolute Gasteiger partial charge is 0.341 e. The molecule has 2 aromatic heterocycles. The maximum absolute atomic E-state index is 12.8. The number of carbonyl (C=O) groups is 1. The van der Waals surface area contributed by atoms with Gasteiger partial charge >= 0.3 is 0 Å². The average molecular weight is 360 g/mol. The second kappa shape index (κ2) is 6.03. The summed E-state index contributed by atoms with van der Waals surface area (Å²) in [7, 11) is 0. The lowest BCUT2D eigenvalue weighted by Gasteiger charge is -2.30. The van der Waals surface area contributed by atoms with Gasteiger partial charge in [-0.15, -0.1) is 11.3 Å². The number of thiophene rings is 1. The normalized spacial score (nSPS) is 14.0. The third-order valence-corrected chi connectivity index (χ3v) is 5.47. The molecule has 0 saturated carbocycles. The summed E-state index contributed by atoms with van der Waals surface area (Å²) in [5.74, 6) is -0.0345. The van der Waals surface area contributed by atoms with Crippen LogP contribution in [0.25, 0.3) is 21.3 Å². The fourth-order valence-corrected chi connectivity index (χ4v) is 3.83. The van der Waals surface area contributed by atoms with Crippen LogP contribution in [0.1, 0.15) is 6.42 Å². The summed E-state index contributed by atoms with van der Waals surface area (Å²) in [5.41, 5.74) is 1.40. The number of benzene rings is 1. The molecule has 122 valence electrons. The molecule has 1 amide bonds. The van der Waals surface area contributed by atoms with Gasteiger partial charge in [0.05, 0.1) is 17.2 Å². The Kier molecular flexibility index (Phi) is 3.86. The van der Waals surface area contributed by atoms with E-state index < -0.39 is 0 Å². The Morgan fingerprint density at radius 3 is 2.67 bits per heavy atom. The third-order valence-electron chi connectivity index (χ3n) is 4.20. The summed E-state index contributed by atoms with van der Waals surface area (Å²) < 4.78 is 1.40. The van der Waals surface area contributed by atoms with Crippen LogP contribution in [0, 0.1) is 0 Å². The first kappa shape index (κ1) is 15.4. The molecule has 3 aromatic rings. The summed E-state index contributed by atoms with van der Waals surface area (Å²) in [6.45, 7) is 1.59. The van der Waals surface area contributed by atoms with Crippen LogP contribution in [-0.2, 0) is 11.3 Å². The Bertz CT molecular complexity index is 974. The summed E-state index contributed by atoms with van der Waals surface area (Å²) in [4.78, 5) is 31.9. The zero-order valence-electron chi connectivity index (χ0n) is 12.7. The maximum atomic E-state index is 12.8. The van der Waals surface area contributed by atoms with Crippen molar-refractivity contribution in [2.24, 2.45) is 0 Å². The molecule has 3 heterocycles. The quantitative estimate of drug-likeness (QED) is 0.722. The summed E-state index contributed by atoms with van der Waals surface area (Å²) in [6.07, 6.45) is 2.49. The molecule has 7 heteroatoms. The van der Waals surface area contributed by atoms with Crippen molar-refractivity contribution in [1.29, 1.82) is 0 Å². The van der Waals surface area contributed by atoms with Gasteiger partial charge in [-0.2, -0.15) is 0 Å². The van der Waals surface area contributed by atoms with Gasteiger partial charge in [0.2, 0.25) is 5.91 Å². The summed E-state index contributed by atoms with van der Waals surface area (Å²) in [5, 5.41) is 3.07. The molecule has 0 aliphatic carbocycles. The highest BCUT2D eigenvalue weighted by atomic mass is 35.5. The van der Waals surface area contributed by atoms with Crippen LogP contribution in [0.15, 0.2) is 40.8 Å². The predicted octanol–water partition coefficient (Wildman–Crippen LogP) is 3.01. The Morgan fingerprint density at radius 1 is 1.25 bits per heavy atom. The van der Waals surface area contributed by atoms with Gasteiger partial charge in [-0.3, -0.25) is 14.2 Å². The van der Waals surface area contributed by atoms with Crippen molar-refractivity contribution < 1.29 is 4.79 Å². The van der Waals surface area contributed by atoms with E-state index in [0.717, 1.165) is 30.0 Å². The Labute approximate surface area is 147 Å². The molecule has 1 aliphatic heterocycles. The van der Waals surface area contributed by atoms with Crippen molar-refractivity contribution >= 4 is 39.7 Å². The molecule has 4 rings (SSSR count). The lowest BCUT2D eigenvalue weighted by molar-refractivity contribution is -0.135. The van der Waals surface area contributed by atoms with E-state index in [2.05, 4.69) is 4.98 Å². The SMILES string of the molecule is O=C(Cn1cnc2csc(-c3ccc(Cl)cc3)c2c1=O)N1CCC1. The molecule has 1 aliphatic rings. The van der Waals surface area contributed by atoms with Gasteiger partial charge in [-0.1, -0.05) is 23.7 Å². The fourth-order valence-electron chi connectivity index (χ4n) is 2.72. The second-order valence-corrected chi connectivity index (χ2v) is 7.06. The number of amides is 1. The van der Waals surface area contributed by atoms with E-state index in [0.29, 0.717) is 15.9 Å². The summed E-state index contributed by atoms with van der Waals surface area (Å²) >= 11 is 7.41. The fraction of sp³-hybridized carbons (Fsp3) is 0.235. The monoisotopic (exact) mass is 359 g/mol. The smallest absolute Gasteiger partial charge is 0.263 e. The lowest BCUT2D eigenvalue weighted by atomic mass is 10.1. The van der Waals surface area contributed by atoms with Gasteiger partial charge in [0, 0.05) is 28.4 Å². The molecular formula is C17H14ClN3O2S. The van der Waals surface area contributed by atoms with Crippen molar-refractivity contribution in [3.8, 4) is 10.4 Å². The molecular weight excluding hydrogens is 346 g/mol. The van der Waals surface area contributed by atoms with Crippen molar-refractivity contribution in [3.05, 3.63) is 51.3 Å². The van der Waals surface area contributed by atoms with E-state index in [1.165, 1.54) is 22.2 Å². The van der Waals surface area contributed by atoms with Gasteiger partial charge in [-0.05, 0) is 24.1 Å². The topological polar surface area (TPSA) is 55.2 Å². The predicted molar refractivity (Wildman–Crippen MR) is 95.5 cm³/mol. The van der Waals surface area contributed by atoms with Gasteiger partial charge in [-0.25, -0.2) is 4.98 Å². The number of nitrogens with zero attached hydrogens (tertiary/aromatic N) is 3. The van der Waals surface area contributed by atoms with E-state index >= 15 is 0 Å². The molecule has 0 unspecified atom stereocenters. The molecule has 0 bridgehead atoms. The number of carbonyl (C=O) groups excluding carboxylic acids is 1. The number of likely N-dealkylation sites (tertiary alicyclic amines) is 1. The second-order valence-electron chi connectivity index (χ2n) is 5.74. The van der Waals surface area contributed by atoms with E-state index in [1.54, 1.807) is 17.0 Å². The molecule has 0 spiro atoms. The number of rotatable bonds is 3. The van der Waals surface area contributed by atoms with Crippen LogP contribution in [0.3, 0.4) is 0 Å². The first-order valence-corrected chi connectivity index (χ1v) is 8.89. The van der Waals surface area contributed by atoms with E-state index in [-0.39, 0.29) is 18.0 Å². The third kappa shape index (κ3) is 2.61. The number of halogens is 1. The van der Waals surface area contributed by atoms with Crippen LogP contribution in [0.2, 0.25) is 5.02 Å². The highest BCUT2D eigenvalue weighted by Gasteiger charge is 2.21. The molecule has 0 atom stereocenters. The maximum Gasteiger partial charge on any atom is 0.263 e. The van der Waals surface area contributed by atoms with Crippen molar-refractivity contribution in [2.75, 3.05) is 13.1 Å². The zero-order chi connectivity index (χ0) is 16.7. The number of fused-ring (bicyclic) bond motifs is 1. The van der Waals surface area contributed by atoms with Gasteiger partial charge in [0.1, 0.15) is 6.54 Å². The zero-order valence-corrected chi connectivity index (χ0v) is 14.3. The average Bonchev–Trinajstić information content (AvgIpc) is 2.94. The number of hydrogen-bond donors (Lipinski definition) is 0. The van der Waals surface area contributed by atoms with Gasteiger partial charge < -0.3 is 4.90 Å². The molecule has 0 N–H and O–H groups in total. The number of aromatic nitrogens is 2. The van der Waals surface area contributed by atoms with Gasteiger partial charge in [0.25, 0.3) is 5.56 Å². The first-order chi connectivity index (χ1) is 11.6. The minimum Gasteiger partial charge on any atom is -0.341 e. The molecule has 1 aromatic carbocycles. The van der Waals surface area contributed by atoms with E-state index in [4.69, 9.17) is 11.6 Å². The minimum atomic E-state index is -0.180. The minimum absolute atomic E-state index is 0.0345. The molecule has 24 heavy (non-hydrogen) atoms. The van der Waals surface area contributed by atoms with Crippen LogP contribution < -0.4 is 5.56 Å².